The zero-order chi connectivity index (χ0) is 16.1. The third kappa shape index (κ3) is 4.77. The molecular weight excluding hydrogens is 272 g/mol. The number of hydrogen-bond donors (Lipinski definition) is 0. The summed E-state index contributed by atoms with van der Waals surface area (Å²) in [5, 5.41) is 0. The maximum atomic E-state index is 12.3. The number of allylic oxidation sites excluding steroid dienone is 1. The van der Waals surface area contributed by atoms with Crippen molar-refractivity contribution in [2.45, 2.75) is 45.6 Å². The molecule has 0 aliphatic heterocycles. The fourth-order valence-electron chi connectivity index (χ4n) is 2.52. The lowest BCUT2D eigenvalue weighted by molar-refractivity contribution is -0.148. The zero-order valence-corrected chi connectivity index (χ0v) is 13.6. The van der Waals surface area contributed by atoms with Crippen molar-refractivity contribution in [3.8, 4) is 11.8 Å². The molecule has 2 heteroatoms. The van der Waals surface area contributed by atoms with Crippen LogP contribution in [0.5, 0.6) is 0 Å². The second-order valence-electron chi connectivity index (χ2n) is 6.46. The molecule has 1 saturated carbocycles. The molecule has 0 aromatic heterocycles. The van der Waals surface area contributed by atoms with Crippen molar-refractivity contribution in [3.05, 3.63) is 48.0 Å². The van der Waals surface area contributed by atoms with Crippen molar-refractivity contribution in [2.75, 3.05) is 0 Å². The van der Waals surface area contributed by atoms with Crippen LogP contribution >= 0.6 is 0 Å². The minimum atomic E-state index is -0.332. The SMILES string of the molecule is C=C(C)C#CC(CC(C)C)OC(=O)C1CC1c1ccccc1. The maximum Gasteiger partial charge on any atom is 0.310 e. The molecule has 1 aliphatic rings. The number of hydrogen-bond acceptors (Lipinski definition) is 2. The van der Waals surface area contributed by atoms with E-state index in [1.165, 1.54) is 5.56 Å². The van der Waals surface area contributed by atoms with Gasteiger partial charge in [-0.25, -0.2) is 0 Å². The van der Waals surface area contributed by atoms with Crippen molar-refractivity contribution in [1.82, 2.24) is 0 Å². The molecule has 0 spiro atoms. The Balaban J connectivity index is 1.95. The second kappa shape index (κ2) is 7.31. The first-order valence-electron chi connectivity index (χ1n) is 7.90. The van der Waals surface area contributed by atoms with Crippen LogP contribution in [0.3, 0.4) is 0 Å². The van der Waals surface area contributed by atoms with Crippen LogP contribution in [0.2, 0.25) is 0 Å². The Labute approximate surface area is 133 Å². The van der Waals surface area contributed by atoms with E-state index >= 15 is 0 Å². The summed E-state index contributed by atoms with van der Waals surface area (Å²) in [5.74, 6) is 6.58. The van der Waals surface area contributed by atoms with E-state index in [4.69, 9.17) is 4.74 Å². The van der Waals surface area contributed by atoms with Crippen LogP contribution in [-0.4, -0.2) is 12.1 Å². The van der Waals surface area contributed by atoms with Gasteiger partial charge in [0.2, 0.25) is 0 Å². The predicted octanol–water partition coefficient (Wildman–Crippen LogP) is 4.33. The van der Waals surface area contributed by atoms with E-state index in [0.717, 1.165) is 18.4 Å². The first-order valence-corrected chi connectivity index (χ1v) is 7.90. The third-order valence-electron chi connectivity index (χ3n) is 3.71. The summed E-state index contributed by atoms with van der Waals surface area (Å²) < 4.78 is 5.63. The van der Waals surface area contributed by atoms with E-state index in [9.17, 15) is 4.79 Å². The van der Waals surface area contributed by atoms with Crippen molar-refractivity contribution >= 4 is 5.97 Å². The average Bonchev–Trinajstić information content (AvgIpc) is 3.25. The zero-order valence-electron chi connectivity index (χ0n) is 13.6. The molecule has 1 aromatic rings. The molecule has 0 radical (unpaired) electrons. The van der Waals surface area contributed by atoms with Crippen LogP contribution in [0, 0.1) is 23.7 Å². The minimum absolute atomic E-state index is 0.0105. The van der Waals surface area contributed by atoms with Crippen LogP contribution in [0.25, 0.3) is 0 Å². The molecular formula is C20H24O2. The molecule has 2 nitrogen and oxygen atoms in total. The molecule has 0 heterocycles. The van der Waals surface area contributed by atoms with Crippen molar-refractivity contribution in [3.63, 3.8) is 0 Å². The van der Waals surface area contributed by atoms with Gasteiger partial charge in [-0.15, -0.1) is 0 Å². The van der Waals surface area contributed by atoms with Crippen LogP contribution in [0.15, 0.2) is 42.5 Å². The highest BCUT2D eigenvalue weighted by atomic mass is 16.5. The molecule has 116 valence electrons. The van der Waals surface area contributed by atoms with Gasteiger partial charge >= 0.3 is 5.97 Å². The normalized spacial score (nSPS) is 20.7. The summed E-state index contributed by atoms with van der Waals surface area (Å²) in [6.45, 7) is 9.83. The molecule has 22 heavy (non-hydrogen) atoms. The van der Waals surface area contributed by atoms with Crippen molar-refractivity contribution in [2.24, 2.45) is 11.8 Å². The summed E-state index contributed by atoms with van der Waals surface area (Å²) in [4.78, 5) is 12.3. The van der Waals surface area contributed by atoms with Crippen LogP contribution in [0.4, 0.5) is 0 Å². The lowest BCUT2D eigenvalue weighted by Gasteiger charge is -2.14. The van der Waals surface area contributed by atoms with E-state index in [0.29, 0.717) is 11.8 Å². The summed E-state index contributed by atoms with van der Waals surface area (Å²) in [6, 6.07) is 10.2. The number of ether oxygens (including phenoxy) is 1. The highest BCUT2D eigenvalue weighted by molar-refractivity contribution is 5.77. The predicted molar refractivity (Wildman–Crippen MR) is 89.2 cm³/mol. The minimum Gasteiger partial charge on any atom is -0.449 e. The number of carbonyl (C=O) groups is 1. The van der Waals surface area contributed by atoms with Gasteiger partial charge in [0.05, 0.1) is 5.92 Å². The third-order valence-corrected chi connectivity index (χ3v) is 3.71. The first-order chi connectivity index (χ1) is 10.5. The Morgan fingerprint density at radius 2 is 2.05 bits per heavy atom. The van der Waals surface area contributed by atoms with Gasteiger partial charge in [0.15, 0.2) is 6.10 Å². The average molecular weight is 296 g/mol. The largest absolute Gasteiger partial charge is 0.449 e. The Morgan fingerprint density at radius 1 is 1.36 bits per heavy atom. The number of rotatable bonds is 5. The number of benzene rings is 1. The van der Waals surface area contributed by atoms with E-state index in [1.807, 2.05) is 25.1 Å². The molecule has 0 saturated heterocycles. The first kappa shape index (κ1) is 16.4. The highest BCUT2D eigenvalue weighted by Gasteiger charge is 2.45. The molecule has 1 aromatic carbocycles. The standard InChI is InChI=1S/C20H24O2/c1-14(2)10-11-17(12-15(3)4)22-20(21)19-13-18(19)16-8-6-5-7-9-16/h5-9,15,17-19H,1,12-13H2,2-4H3. The number of esters is 1. The fraction of sp³-hybridized carbons (Fsp3) is 0.450. The Kier molecular flexibility index (Phi) is 5.44. The monoisotopic (exact) mass is 296 g/mol. The van der Waals surface area contributed by atoms with Gasteiger partial charge in [-0.05, 0) is 42.7 Å². The van der Waals surface area contributed by atoms with Gasteiger partial charge in [0, 0.05) is 0 Å². The molecule has 3 atom stereocenters. The van der Waals surface area contributed by atoms with E-state index in [-0.39, 0.29) is 18.0 Å². The second-order valence-corrected chi connectivity index (χ2v) is 6.46. The molecule has 0 N–H and O–H groups in total. The van der Waals surface area contributed by atoms with Gasteiger partial charge < -0.3 is 4.74 Å². The van der Waals surface area contributed by atoms with Crippen LogP contribution < -0.4 is 0 Å². The molecule has 3 unspecified atom stereocenters. The molecule has 1 fully saturated rings. The molecule has 1 aliphatic carbocycles. The summed E-state index contributed by atoms with van der Waals surface area (Å²) in [5.41, 5.74) is 2.01. The summed E-state index contributed by atoms with van der Waals surface area (Å²) in [7, 11) is 0. The Morgan fingerprint density at radius 3 is 2.64 bits per heavy atom. The highest BCUT2D eigenvalue weighted by Crippen LogP contribution is 2.48. The summed E-state index contributed by atoms with van der Waals surface area (Å²) >= 11 is 0. The Hall–Kier alpha value is -2.01. The van der Waals surface area contributed by atoms with E-state index < -0.39 is 0 Å². The molecule has 0 bridgehead atoms. The van der Waals surface area contributed by atoms with Gasteiger partial charge in [-0.3, -0.25) is 4.79 Å². The van der Waals surface area contributed by atoms with Gasteiger partial charge in [0.1, 0.15) is 0 Å². The quantitative estimate of drug-likeness (QED) is 0.597. The van der Waals surface area contributed by atoms with Gasteiger partial charge in [0.25, 0.3) is 0 Å². The van der Waals surface area contributed by atoms with Crippen molar-refractivity contribution < 1.29 is 9.53 Å². The topological polar surface area (TPSA) is 26.3 Å². The van der Waals surface area contributed by atoms with E-state index in [2.05, 4.69) is 44.4 Å². The van der Waals surface area contributed by atoms with Crippen molar-refractivity contribution in [1.29, 1.82) is 0 Å². The smallest absolute Gasteiger partial charge is 0.310 e. The van der Waals surface area contributed by atoms with Crippen LogP contribution in [0.1, 0.15) is 45.1 Å². The maximum absolute atomic E-state index is 12.3. The lowest BCUT2D eigenvalue weighted by atomic mass is 10.1. The van der Waals surface area contributed by atoms with Gasteiger partial charge in [-0.2, -0.15) is 0 Å². The summed E-state index contributed by atoms with van der Waals surface area (Å²) in [6.07, 6.45) is 1.31. The molecule has 2 rings (SSSR count). The van der Waals surface area contributed by atoms with Crippen LogP contribution in [-0.2, 0) is 9.53 Å². The lowest BCUT2D eigenvalue weighted by Crippen LogP contribution is -2.20. The molecule has 0 amide bonds. The Bertz CT molecular complexity index is 589. The fourth-order valence-corrected chi connectivity index (χ4v) is 2.52. The van der Waals surface area contributed by atoms with Gasteiger partial charge in [-0.1, -0.05) is 62.6 Å². The number of carbonyl (C=O) groups excluding carboxylic acids is 1. The van der Waals surface area contributed by atoms with E-state index in [1.54, 1.807) is 0 Å².